The second-order valence-electron chi connectivity index (χ2n) is 8.61. The number of amides is 2. The molecule has 5 rings (SSSR count). The van der Waals surface area contributed by atoms with Gasteiger partial charge in [-0.15, -0.1) is 0 Å². The number of carbonyl (C=O) groups excluding carboxylic acids is 2. The first-order valence-electron chi connectivity index (χ1n) is 11.8. The Kier molecular flexibility index (Phi) is 6.63. The number of nitrogens with zero attached hydrogens (tertiary/aromatic N) is 5. The van der Waals surface area contributed by atoms with E-state index >= 15 is 0 Å². The van der Waals surface area contributed by atoms with E-state index in [1.54, 1.807) is 43.6 Å². The second kappa shape index (κ2) is 10.2. The summed E-state index contributed by atoms with van der Waals surface area (Å²) in [6.45, 7) is 1.03. The number of hydrogen-bond acceptors (Lipinski definition) is 6. The van der Waals surface area contributed by atoms with Gasteiger partial charge in [0.25, 0.3) is 17.4 Å². The maximum atomic E-state index is 14.1. The Hall–Kier alpha value is -4.60. The van der Waals surface area contributed by atoms with Gasteiger partial charge in [-0.25, -0.2) is 14.4 Å². The minimum Gasteiger partial charge on any atom is -0.497 e. The Morgan fingerprint density at radius 3 is 2.27 bits per heavy atom. The summed E-state index contributed by atoms with van der Waals surface area (Å²) in [4.78, 5) is 51.3. The molecule has 2 aromatic carbocycles. The zero-order valence-corrected chi connectivity index (χ0v) is 20.1. The highest BCUT2D eigenvalue weighted by Gasteiger charge is 2.29. The maximum Gasteiger partial charge on any atom is 0.284 e. The molecule has 0 radical (unpaired) electrons. The average Bonchev–Trinajstić information content (AvgIpc) is 2.94. The lowest BCUT2D eigenvalue weighted by Crippen LogP contribution is -2.51. The molecular formula is C27H24FN5O4. The van der Waals surface area contributed by atoms with Gasteiger partial charge >= 0.3 is 0 Å². The summed E-state index contributed by atoms with van der Waals surface area (Å²) in [5, 5.41) is 0. The Morgan fingerprint density at radius 1 is 0.919 bits per heavy atom. The van der Waals surface area contributed by atoms with Crippen LogP contribution in [0.25, 0.3) is 11.2 Å². The first-order chi connectivity index (χ1) is 18.0. The number of fused-ring (bicyclic) bond motifs is 1. The first-order valence-corrected chi connectivity index (χ1v) is 11.8. The Labute approximate surface area is 211 Å². The lowest BCUT2D eigenvalue weighted by atomic mass is 10.1. The molecule has 37 heavy (non-hydrogen) atoms. The van der Waals surface area contributed by atoms with Gasteiger partial charge in [0.2, 0.25) is 0 Å². The summed E-state index contributed by atoms with van der Waals surface area (Å²) >= 11 is 0. The molecule has 1 saturated heterocycles. The molecule has 0 bridgehead atoms. The van der Waals surface area contributed by atoms with Crippen LogP contribution in [0.1, 0.15) is 26.4 Å². The number of piperazine rings is 1. The van der Waals surface area contributed by atoms with Crippen LogP contribution in [0.5, 0.6) is 5.75 Å². The van der Waals surface area contributed by atoms with Crippen molar-refractivity contribution in [1.29, 1.82) is 0 Å². The highest BCUT2D eigenvalue weighted by molar-refractivity contribution is 5.96. The molecule has 4 aromatic rings. The molecule has 0 aliphatic carbocycles. The molecule has 1 aliphatic heterocycles. The second-order valence-corrected chi connectivity index (χ2v) is 8.61. The van der Waals surface area contributed by atoms with Gasteiger partial charge in [0.05, 0.1) is 19.2 Å². The number of methoxy groups -OCH3 is 1. The Morgan fingerprint density at radius 2 is 1.59 bits per heavy atom. The summed E-state index contributed by atoms with van der Waals surface area (Å²) in [6.07, 6.45) is 1.57. The van der Waals surface area contributed by atoms with Gasteiger partial charge in [0, 0.05) is 32.4 Å². The van der Waals surface area contributed by atoms with Crippen LogP contribution in [0.4, 0.5) is 4.39 Å². The van der Waals surface area contributed by atoms with Crippen molar-refractivity contribution in [2.24, 2.45) is 0 Å². The smallest absolute Gasteiger partial charge is 0.284 e. The average molecular weight is 502 g/mol. The van der Waals surface area contributed by atoms with Crippen LogP contribution in [0.2, 0.25) is 0 Å². The molecule has 9 nitrogen and oxygen atoms in total. The van der Waals surface area contributed by atoms with Gasteiger partial charge in [0.15, 0.2) is 11.3 Å². The highest BCUT2D eigenvalue weighted by Crippen LogP contribution is 2.16. The van der Waals surface area contributed by atoms with Gasteiger partial charge in [-0.3, -0.25) is 19.0 Å². The van der Waals surface area contributed by atoms with Crippen LogP contribution >= 0.6 is 0 Å². The predicted octanol–water partition coefficient (Wildman–Crippen LogP) is 2.59. The van der Waals surface area contributed by atoms with E-state index in [4.69, 9.17) is 4.74 Å². The summed E-state index contributed by atoms with van der Waals surface area (Å²) in [5.74, 6) is -0.839. The fourth-order valence-corrected chi connectivity index (χ4v) is 4.34. The van der Waals surface area contributed by atoms with Crippen molar-refractivity contribution >= 4 is 23.0 Å². The molecule has 1 fully saturated rings. The Bertz CT molecular complexity index is 1530. The van der Waals surface area contributed by atoms with E-state index in [0.717, 1.165) is 5.56 Å². The van der Waals surface area contributed by atoms with Crippen LogP contribution < -0.4 is 10.3 Å². The zero-order chi connectivity index (χ0) is 25.9. The summed E-state index contributed by atoms with van der Waals surface area (Å²) in [5.41, 5.74) is 0.874. The van der Waals surface area contributed by atoms with E-state index in [2.05, 4.69) is 9.97 Å². The number of hydrogen-bond donors (Lipinski definition) is 0. The zero-order valence-electron chi connectivity index (χ0n) is 20.1. The topological polar surface area (TPSA) is 97.6 Å². The molecule has 0 atom stereocenters. The predicted molar refractivity (Wildman–Crippen MR) is 134 cm³/mol. The SMILES string of the molecule is COc1ccc(Cn2c(=O)c(C(=O)N3CCN(C(=O)c4ccccc4F)CC3)nc3cccnc32)cc1. The van der Waals surface area contributed by atoms with Gasteiger partial charge < -0.3 is 14.5 Å². The highest BCUT2D eigenvalue weighted by atomic mass is 19.1. The number of benzene rings is 2. The number of rotatable bonds is 5. The third-order valence-corrected chi connectivity index (χ3v) is 6.36. The fraction of sp³-hybridized carbons (Fsp3) is 0.222. The molecule has 0 spiro atoms. The number of aromatic nitrogens is 3. The first kappa shape index (κ1) is 24.1. The largest absolute Gasteiger partial charge is 0.497 e. The Balaban J connectivity index is 1.39. The van der Waals surface area contributed by atoms with Gasteiger partial charge in [-0.1, -0.05) is 24.3 Å². The fourth-order valence-electron chi connectivity index (χ4n) is 4.34. The molecule has 2 aromatic heterocycles. The standard InChI is InChI=1S/C27H24FN5O4/c1-37-19-10-8-18(9-11-19)17-33-24-22(7-4-12-29-24)30-23(27(33)36)26(35)32-15-13-31(14-16-32)25(34)20-5-2-3-6-21(20)28/h2-12H,13-17H2,1H3. The van der Waals surface area contributed by atoms with E-state index in [9.17, 15) is 18.8 Å². The maximum absolute atomic E-state index is 14.1. The molecule has 0 N–H and O–H groups in total. The minimum absolute atomic E-state index is 0.00705. The van der Waals surface area contributed by atoms with Crippen molar-refractivity contribution in [2.75, 3.05) is 33.3 Å². The van der Waals surface area contributed by atoms with E-state index < -0.39 is 23.2 Å². The lowest BCUT2D eigenvalue weighted by Gasteiger charge is -2.34. The molecular weight excluding hydrogens is 477 g/mol. The van der Waals surface area contributed by atoms with E-state index in [0.29, 0.717) is 16.9 Å². The van der Waals surface area contributed by atoms with Crippen LogP contribution in [0.15, 0.2) is 71.7 Å². The summed E-state index contributed by atoms with van der Waals surface area (Å²) < 4.78 is 20.7. The molecule has 0 saturated carbocycles. The van der Waals surface area contributed by atoms with Crippen LogP contribution in [0, 0.1) is 5.82 Å². The molecule has 0 unspecified atom stereocenters. The van der Waals surface area contributed by atoms with Crippen molar-refractivity contribution in [3.05, 3.63) is 99.9 Å². The molecule has 3 heterocycles. The lowest BCUT2D eigenvalue weighted by molar-refractivity contribution is 0.0528. The molecule has 10 heteroatoms. The van der Waals surface area contributed by atoms with E-state index in [-0.39, 0.29) is 44.0 Å². The van der Waals surface area contributed by atoms with Gasteiger partial charge in [-0.05, 0) is 42.0 Å². The van der Waals surface area contributed by atoms with Crippen LogP contribution in [-0.2, 0) is 6.54 Å². The van der Waals surface area contributed by atoms with Crippen molar-refractivity contribution < 1.29 is 18.7 Å². The molecule has 2 amide bonds. The van der Waals surface area contributed by atoms with Crippen molar-refractivity contribution in [1.82, 2.24) is 24.3 Å². The van der Waals surface area contributed by atoms with Crippen molar-refractivity contribution in [3.8, 4) is 5.75 Å². The monoisotopic (exact) mass is 501 g/mol. The number of halogens is 1. The number of carbonyl (C=O) groups is 2. The minimum atomic E-state index is -0.586. The van der Waals surface area contributed by atoms with Gasteiger partial charge in [0.1, 0.15) is 17.1 Å². The molecule has 188 valence electrons. The summed E-state index contributed by atoms with van der Waals surface area (Å²) in [6, 6.07) is 16.5. The van der Waals surface area contributed by atoms with Crippen molar-refractivity contribution in [3.63, 3.8) is 0 Å². The normalized spacial score (nSPS) is 13.6. The van der Waals surface area contributed by atoms with Gasteiger partial charge in [-0.2, -0.15) is 0 Å². The third-order valence-electron chi connectivity index (χ3n) is 6.36. The van der Waals surface area contributed by atoms with Crippen LogP contribution in [0.3, 0.4) is 0 Å². The van der Waals surface area contributed by atoms with Crippen molar-refractivity contribution in [2.45, 2.75) is 6.54 Å². The van der Waals surface area contributed by atoms with E-state index in [1.165, 1.54) is 32.6 Å². The third kappa shape index (κ3) is 4.77. The van der Waals surface area contributed by atoms with Crippen LogP contribution in [-0.4, -0.2) is 69.4 Å². The quantitative estimate of drug-likeness (QED) is 0.417. The summed E-state index contributed by atoms with van der Waals surface area (Å²) in [7, 11) is 1.58. The van der Waals surface area contributed by atoms with E-state index in [1.807, 2.05) is 12.1 Å². The number of ether oxygens (including phenoxy) is 1. The number of pyridine rings is 1. The molecule has 1 aliphatic rings.